The zero-order chi connectivity index (χ0) is 19.0. The standard InChI is InChI=1S/C18H14F2N6O/c1-3-27-10(2)15-8-22-17-18(23-15)26(25-24-17)9-12-13(19)7-14-11(16(12)20)5-4-6-21-14/h4-8H,2-3,9H2,1H3. The van der Waals surface area contributed by atoms with Crippen LogP contribution in [0.15, 0.2) is 37.2 Å². The van der Waals surface area contributed by atoms with Crippen molar-refractivity contribution in [3.05, 3.63) is 60.1 Å². The van der Waals surface area contributed by atoms with Gasteiger partial charge >= 0.3 is 0 Å². The van der Waals surface area contributed by atoms with Gasteiger partial charge in [0.1, 0.15) is 23.1 Å². The molecule has 4 rings (SSSR count). The summed E-state index contributed by atoms with van der Waals surface area (Å²) < 4.78 is 35.9. The molecular weight excluding hydrogens is 354 g/mol. The molecule has 3 aromatic heterocycles. The topological polar surface area (TPSA) is 78.6 Å². The molecule has 0 aliphatic rings. The third kappa shape index (κ3) is 2.97. The van der Waals surface area contributed by atoms with E-state index in [-0.39, 0.29) is 34.3 Å². The van der Waals surface area contributed by atoms with Crippen LogP contribution >= 0.6 is 0 Å². The van der Waals surface area contributed by atoms with Gasteiger partial charge in [0.2, 0.25) is 5.65 Å². The average molecular weight is 368 g/mol. The predicted octanol–water partition coefficient (Wildman–Crippen LogP) is 3.10. The maximum absolute atomic E-state index is 14.8. The fourth-order valence-corrected chi connectivity index (χ4v) is 2.73. The molecule has 0 atom stereocenters. The van der Waals surface area contributed by atoms with Crippen LogP contribution in [-0.2, 0) is 11.3 Å². The van der Waals surface area contributed by atoms with Gasteiger partial charge in [-0.1, -0.05) is 11.8 Å². The maximum Gasteiger partial charge on any atom is 0.221 e. The van der Waals surface area contributed by atoms with Crippen molar-refractivity contribution in [1.29, 1.82) is 0 Å². The minimum absolute atomic E-state index is 0.155. The summed E-state index contributed by atoms with van der Waals surface area (Å²) in [6.07, 6.45) is 2.94. The molecule has 0 N–H and O–H groups in total. The van der Waals surface area contributed by atoms with E-state index in [1.807, 2.05) is 6.92 Å². The van der Waals surface area contributed by atoms with Gasteiger partial charge in [-0.25, -0.2) is 23.4 Å². The first-order valence-corrected chi connectivity index (χ1v) is 8.18. The van der Waals surface area contributed by atoms with Crippen molar-refractivity contribution in [1.82, 2.24) is 29.9 Å². The van der Waals surface area contributed by atoms with E-state index < -0.39 is 11.6 Å². The van der Waals surface area contributed by atoms with Crippen LogP contribution in [0.2, 0.25) is 0 Å². The Morgan fingerprint density at radius 3 is 2.96 bits per heavy atom. The second-order valence-corrected chi connectivity index (χ2v) is 5.73. The molecule has 0 aliphatic carbocycles. The number of hydrogen-bond donors (Lipinski definition) is 0. The quantitative estimate of drug-likeness (QED) is 0.504. The van der Waals surface area contributed by atoms with Crippen LogP contribution in [0.3, 0.4) is 0 Å². The van der Waals surface area contributed by atoms with Gasteiger partial charge in [-0.15, -0.1) is 5.10 Å². The van der Waals surface area contributed by atoms with E-state index in [2.05, 4.69) is 31.8 Å². The Kier molecular flexibility index (Phi) is 4.19. The molecule has 3 heterocycles. The Labute approximate surface area is 152 Å². The molecule has 0 amide bonds. The molecule has 0 saturated carbocycles. The lowest BCUT2D eigenvalue weighted by atomic mass is 10.1. The number of benzene rings is 1. The third-order valence-electron chi connectivity index (χ3n) is 4.03. The zero-order valence-corrected chi connectivity index (χ0v) is 14.4. The van der Waals surface area contributed by atoms with Crippen molar-refractivity contribution < 1.29 is 13.5 Å². The van der Waals surface area contributed by atoms with Gasteiger partial charge in [0.05, 0.1) is 24.9 Å². The molecule has 4 aromatic rings. The summed E-state index contributed by atoms with van der Waals surface area (Å²) >= 11 is 0. The fourth-order valence-electron chi connectivity index (χ4n) is 2.73. The lowest BCUT2D eigenvalue weighted by Gasteiger charge is -2.09. The number of pyridine rings is 1. The SMILES string of the molecule is C=C(OCC)c1cnc2nnn(Cc3c(F)cc4ncccc4c3F)c2n1. The summed E-state index contributed by atoms with van der Waals surface area (Å²) in [5.74, 6) is -1.07. The van der Waals surface area contributed by atoms with Crippen LogP contribution in [0.5, 0.6) is 0 Å². The Hall–Kier alpha value is -3.49. The normalized spacial score (nSPS) is 11.2. The van der Waals surface area contributed by atoms with E-state index in [1.165, 1.54) is 23.1 Å². The van der Waals surface area contributed by atoms with E-state index in [0.717, 1.165) is 0 Å². The minimum Gasteiger partial charge on any atom is -0.492 e. The predicted molar refractivity (Wildman–Crippen MR) is 94.5 cm³/mol. The van der Waals surface area contributed by atoms with Crippen molar-refractivity contribution in [2.24, 2.45) is 0 Å². The molecule has 0 saturated heterocycles. The smallest absolute Gasteiger partial charge is 0.221 e. The van der Waals surface area contributed by atoms with E-state index in [4.69, 9.17) is 4.74 Å². The average Bonchev–Trinajstić information content (AvgIpc) is 3.07. The summed E-state index contributed by atoms with van der Waals surface area (Å²) in [6.45, 7) is 5.83. The van der Waals surface area contributed by atoms with E-state index in [1.54, 1.807) is 12.1 Å². The molecule has 1 aromatic carbocycles. The van der Waals surface area contributed by atoms with Crippen molar-refractivity contribution in [2.75, 3.05) is 6.61 Å². The fraction of sp³-hybridized carbons (Fsp3) is 0.167. The molecule has 7 nitrogen and oxygen atoms in total. The van der Waals surface area contributed by atoms with Gasteiger partial charge in [0.25, 0.3) is 0 Å². The highest BCUT2D eigenvalue weighted by molar-refractivity contribution is 5.80. The molecule has 9 heteroatoms. The summed E-state index contributed by atoms with van der Waals surface area (Å²) in [6, 6.07) is 4.33. The number of fused-ring (bicyclic) bond motifs is 2. The highest BCUT2D eigenvalue weighted by Crippen LogP contribution is 2.24. The van der Waals surface area contributed by atoms with Crippen molar-refractivity contribution in [3.63, 3.8) is 0 Å². The highest BCUT2D eigenvalue weighted by atomic mass is 19.1. The van der Waals surface area contributed by atoms with E-state index in [0.29, 0.717) is 18.1 Å². The third-order valence-corrected chi connectivity index (χ3v) is 4.03. The number of rotatable bonds is 5. The van der Waals surface area contributed by atoms with Crippen LogP contribution < -0.4 is 0 Å². The van der Waals surface area contributed by atoms with Gasteiger partial charge in [0, 0.05) is 23.2 Å². The summed E-state index contributed by atoms with van der Waals surface area (Å²) in [7, 11) is 0. The second-order valence-electron chi connectivity index (χ2n) is 5.73. The lowest BCUT2D eigenvalue weighted by Crippen LogP contribution is -2.08. The molecule has 27 heavy (non-hydrogen) atoms. The second kappa shape index (κ2) is 6.67. The Morgan fingerprint density at radius 1 is 1.30 bits per heavy atom. The summed E-state index contributed by atoms with van der Waals surface area (Å²) in [4.78, 5) is 12.5. The number of nitrogens with zero attached hydrogens (tertiary/aromatic N) is 6. The summed E-state index contributed by atoms with van der Waals surface area (Å²) in [5.41, 5.74) is 1.02. The van der Waals surface area contributed by atoms with Gasteiger partial charge in [-0.3, -0.25) is 4.98 Å². The van der Waals surface area contributed by atoms with E-state index in [9.17, 15) is 8.78 Å². The molecule has 0 radical (unpaired) electrons. The minimum atomic E-state index is -0.717. The number of hydrogen-bond acceptors (Lipinski definition) is 6. The van der Waals surface area contributed by atoms with Crippen LogP contribution in [0, 0.1) is 11.6 Å². The Morgan fingerprint density at radius 2 is 2.15 bits per heavy atom. The molecule has 0 aliphatic heterocycles. The molecule has 0 fully saturated rings. The van der Waals surface area contributed by atoms with Crippen LogP contribution in [0.25, 0.3) is 28.0 Å². The number of aromatic nitrogens is 6. The monoisotopic (exact) mass is 368 g/mol. The number of ether oxygens (including phenoxy) is 1. The zero-order valence-electron chi connectivity index (χ0n) is 14.4. The summed E-state index contributed by atoms with van der Waals surface area (Å²) in [5, 5.41) is 8.05. The van der Waals surface area contributed by atoms with Gasteiger partial charge < -0.3 is 4.74 Å². The van der Waals surface area contributed by atoms with Gasteiger partial charge in [0.15, 0.2) is 5.65 Å². The van der Waals surface area contributed by atoms with Crippen molar-refractivity contribution >= 4 is 28.0 Å². The largest absolute Gasteiger partial charge is 0.492 e. The molecule has 0 spiro atoms. The first-order chi connectivity index (χ1) is 13.1. The first-order valence-electron chi connectivity index (χ1n) is 8.18. The molecule has 0 unspecified atom stereocenters. The lowest BCUT2D eigenvalue weighted by molar-refractivity contribution is 0.297. The van der Waals surface area contributed by atoms with Crippen LogP contribution in [0.4, 0.5) is 8.78 Å². The van der Waals surface area contributed by atoms with Gasteiger partial charge in [-0.05, 0) is 19.1 Å². The first kappa shape index (κ1) is 17.0. The van der Waals surface area contributed by atoms with Crippen LogP contribution in [0.1, 0.15) is 18.2 Å². The van der Waals surface area contributed by atoms with Crippen molar-refractivity contribution in [2.45, 2.75) is 13.5 Å². The molecule has 0 bridgehead atoms. The van der Waals surface area contributed by atoms with E-state index >= 15 is 0 Å². The van der Waals surface area contributed by atoms with Gasteiger partial charge in [-0.2, -0.15) is 0 Å². The molecular formula is C18H14F2N6O. The Bertz CT molecular complexity index is 1170. The molecule has 136 valence electrons. The van der Waals surface area contributed by atoms with Crippen LogP contribution in [-0.4, -0.2) is 36.6 Å². The maximum atomic E-state index is 14.8. The number of halogens is 2. The Balaban J connectivity index is 1.79. The van der Waals surface area contributed by atoms with Crippen molar-refractivity contribution in [3.8, 4) is 0 Å². The highest BCUT2D eigenvalue weighted by Gasteiger charge is 2.18.